The van der Waals surface area contributed by atoms with Gasteiger partial charge < -0.3 is 20.4 Å². The van der Waals surface area contributed by atoms with Crippen molar-refractivity contribution in [2.24, 2.45) is 0 Å². The molecule has 2 aliphatic rings. The fourth-order valence-electron chi connectivity index (χ4n) is 5.26. The zero-order chi connectivity index (χ0) is 31.0. The van der Waals surface area contributed by atoms with Crippen LogP contribution in [0.5, 0.6) is 0 Å². The van der Waals surface area contributed by atoms with Gasteiger partial charge in [0.1, 0.15) is 0 Å². The quantitative estimate of drug-likeness (QED) is 0.257. The summed E-state index contributed by atoms with van der Waals surface area (Å²) >= 11 is 0. The highest BCUT2D eigenvalue weighted by Crippen LogP contribution is 2.22. The van der Waals surface area contributed by atoms with Crippen LogP contribution in [0.3, 0.4) is 0 Å². The van der Waals surface area contributed by atoms with Gasteiger partial charge in [0.2, 0.25) is 24.6 Å². The van der Waals surface area contributed by atoms with E-state index in [0.717, 1.165) is 59.5 Å². The Balaban J connectivity index is 0.000000151. The van der Waals surface area contributed by atoms with E-state index in [4.69, 9.17) is 0 Å². The van der Waals surface area contributed by atoms with Gasteiger partial charge in [-0.1, -0.05) is 72.8 Å². The molecule has 2 fully saturated rings. The molecule has 8 heteroatoms. The number of carbonyl (C=O) groups is 4. The maximum Gasteiger partial charge on any atom is 0.226 e. The first-order valence-electron chi connectivity index (χ1n) is 15.1. The van der Waals surface area contributed by atoms with E-state index in [2.05, 4.69) is 10.6 Å². The molecule has 44 heavy (non-hydrogen) atoms. The third kappa shape index (κ3) is 10.1. The molecule has 8 nitrogen and oxygen atoms in total. The molecule has 0 spiro atoms. The predicted molar refractivity (Wildman–Crippen MR) is 175 cm³/mol. The molecule has 0 unspecified atom stereocenters. The number of nitrogens with one attached hydrogen (secondary N) is 2. The van der Waals surface area contributed by atoms with Crippen molar-refractivity contribution in [3.05, 3.63) is 108 Å². The molecule has 0 bridgehead atoms. The second kappa shape index (κ2) is 17.2. The van der Waals surface area contributed by atoms with Gasteiger partial charge in [0, 0.05) is 37.6 Å². The van der Waals surface area contributed by atoms with Gasteiger partial charge in [-0.3, -0.25) is 19.2 Å². The lowest BCUT2D eigenvalue weighted by Crippen LogP contribution is -2.28. The number of benzene rings is 4. The number of anilines is 2. The number of likely N-dealkylation sites (tertiary alicyclic amines) is 2. The molecule has 4 aromatic rings. The van der Waals surface area contributed by atoms with Crippen LogP contribution >= 0.6 is 0 Å². The molecule has 0 radical (unpaired) electrons. The van der Waals surface area contributed by atoms with E-state index >= 15 is 0 Å². The number of amides is 4. The summed E-state index contributed by atoms with van der Waals surface area (Å²) in [7, 11) is 0. The first kappa shape index (κ1) is 31.9. The van der Waals surface area contributed by atoms with Crippen LogP contribution in [0.2, 0.25) is 0 Å². The number of hydrogen-bond acceptors (Lipinski definition) is 4. The summed E-state index contributed by atoms with van der Waals surface area (Å²) in [6.45, 7) is 3.80. The fourth-order valence-corrected chi connectivity index (χ4v) is 5.26. The minimum Gasteiger partial charge on any atom is -0.342 e. The molecule has 2 saturated heterocycles. The van der Waals surface area contributed by atoms with Gasteiger partial charge in [0.15, 0.2) is 0 Å². The Morgan fingerprint density at radius 1 is 0.545 bits per heavy atom. The number of fused-ring (bicyclic) bond motifs is 1. The normalized spacial score (nSPS) is 13.6. The lowest BCUT2D eigenvalue weighted by atomic mass is 10.1. The summed E-state index contributed by atoms with van der Waals surface area (Å²) in [5, 5.41) is 7.18. The molecule has 2 aliphatic heterocycles. The van der Waals surface area contributed by atoms with Crippen LogP contribution in [0.15, 0.2) is 97.1 Å². The van der Waals surface area contributed by atoms with Crippen LogP contribution in [0.25, 0.3) is 10.8 Å². The molecule has 228 valence electrons. The van der Waals surface area contributed by atoms with Crippen LogP contribution < -0.4 is 10.6 Å². The third-order valence-electron chi connectivity index (χ3n) is 7.61. The van der Waals surface area contributed by atoms with Crippen molar-refractivity contribution in [1.82, 2.24) is 9.80 Å². The molecule has 4 amide bonds. The van der Waals surface area contributed by atoms with Crippen LogP contribution in [0.4, 0.5) is 11.4 Å². The Hall–Kier alpha value is -4.98. The van der Waals surface area contributed by atoms with Gasteiger partial charge in [-0.15, -0.1) is 0 Å². The van der Waals surface area contributed by atoms with Crippen LogP contribution in [-0.4, -0.2) is 60.6 Å². The van der Waals surface area contributed by atoms with Crippen molar-refractivity contribution in [3.8, 4) is 0 Å². The minimum absolute atomic E-state index is 0.272. The maximum atomic E-state index is 11.7. The van der Waals surface area contributed by atoms with Gasteiger partial charge >= 0.3 is 0 Å². The van der Waals surface area contributed by atoms with E-state index in [9.17, 15) is 19.2 Å². The second-order valence-electron chi connectivity index (χ2n) is 10.8. The van der Waals surface area contributed by atoms with E-state index < -0.39 is 0 Å². The highest BCUT2D eigenvalue weighted by molar-refractivity contribution is 5.91. The van der Waals surface area contributed by atoms with Gasteiger partial charge in [0.25, 0.3) is 0 Å². The maximum absolute atomic E-state index is 11.7. The van der Waals surface area contributed by atoms with E-state index in [1.807, 2.05) is 94.7 Å². The molecule has 0 atom stereocenters. The minimum atomic E-state index is 0.272. The van der Waals surface area contributed by atoms with Crippen LogP contribution in [0.1, 0.15) is 36.8 Å². The first-order valence-corrected chi connectivity index (χ1v) is 15.1. The fraction of sp³-hybridized carbons (Fsp3) is 0.278. The Morgan fingerprint density at radius 2 is 0.909 bits per heavy atom. The summed E-state index contributed by atoms with van der Waals surface area (Å²) < 4.78 is 0. The third-order valence-corrected chi connectivity index (χ3v) is 7.61. The van der Waals surface area contributed by atoms with Gasteiger partial charge in [0.05, 0.1) is 12.8 Å². The Bertz CT molecular complexity index is 1380. The predicted octanol–water partition coefficient (Wildman–Crippen LogP) is 5.68. The standard InChI is InChI=1S/C12H10N2O2.2C12H15NO/c15-7-13-11-3-1-9-5-12(14-8-16)4-2-10(9)6-11;2*14-12(13-8-4-5-9-13)10-11-6-2-1-3-7-11/h1-8H,(H,13,15)(H,14,16);2*1-3,6-7H,4-5,8-10H2. The van der Waals surface area contributed by atoms with Gasteiger partial charge in [-0.2, -0.15) is 0 Å². The van der Waals surface area contributed by atoms with Crippen molar-refractivity contribution < 1.29 is 19.2 Å². The molecule has 2 N–H and O–H groups in total. The average molecular weight is 593 g/mol. The monoisotopic (exact) mass is 592 g/mol. The highest BCUT2D eigenvalue weighted by Gasteiger charge is 2.18. The molecular weight excluding hydrogens is 552 g/mol. The SMILES string of the molecule is O=C(Cc1ccccc1)N1CCCC1.O=C(Cc1ccccc1)N1CCCC1.O=CNc1ccc2cc(NC=O)ccc2c1. The summed E-state index contributed by atoms with van der Waals surface area (Å²) in [6, 6.07) is 31.0. The lowest BCUT2D eigenvalue weighted by Gasteiger charge is -2.14. The lowest BCUT2D eigenvalue weighted by molar-refractivity contribution is -0.130. The van der Waals surface area contributed by atoms with E-state index in [1.54, 1.807) is 12.1 Å². The highest BCUT2D eigenvalue weighted by atomic mass is 16.2. The van der Waals surface area contributed by atoms with E-state index in [1.165, 1.54) is 25.7 Å². The van der Waals surface area contributed by atoms with Crippen molar-refractivity contribution in [3.63, 3.8) is 0 Å². The summed E-state index contributed by atoms with van der Waals surface area (Å²) in [5.41, 5.74) is 3.73. The van der Waals surface area contributed by atoms with E-state index in [0.29, 0.717) is 25.7 Å². The molecule has 0 saturated carbocycles. The van der Waals surface area contributed by atoms with Crippen molar-refractivity contribution in [2.75, 3.05) is 36.8 Å². The zero-order valence-corrected chi connectivity index (χ0v) is 25.0. The molecule has 0 aliphatic carbocycles. The number of nitrogens with zero attached hydrogens (tertiary/aromatic N) is 2. The molecule has 2 heterocycles. The summed E-state index contributed by atoms with van der Waals surface area (Å²) in [4.78, 5) is 48.0. The number of hydrogen-bond donors (Lipinski definition) is 2. The van der Waals surface area contributed by atoms with Crippen molar-refractivity contribution >= 4 is 46.8 Å². The van der Waals surface area contributed by atoms with Crippen molar-refractivity contribution in [2.45, 2.75) is 38.5 Å². The molecule has 0 aromatic heterocycles. The van der Waals surface area contributed by atoms with E-state index in [-0.39, 0.29) is 11.8 Å². The van der Waals surface area contributed by atoms with Crippen LogP contribution in [0, 0.1) is 0 Å². The smallest absolute Gasteiger partial charge is 0.226 e. The largest absolute Gasteiger partial charge is 0.342 e. The number of rotatable bonds is 8. The summed E-state index contributed by atoms with van der Waals surface area (Å²) in [5.74, 6) is 0.544. The van der Waals surface area contributed by atoms with Gasteiger partial charge in [-0.25, -0.2) is 0 Å². The summed E-state index contributed by atoms with van der Waals surface area (Å²) in [6.07, 6.45) is 7.07. The van der Waals surface area contributed by atoms with Crippen LogP contribution in [-0.2, 0) is 32.0 Å². The topological polar surface area (TPSA) is 98.8 Å². The van der Waals surface area contributed by atoms with Gasteiger partial charge in [-0.05, 0) is 71.8 Å². The molecule has 6 rings (SSSR count). The molecular formula is C36H40N4O4. The number of carbonyl (C=O) groups excluding carboxylic acids is 4. The van der Waals surface area contributed by atoms with Crippen molar-refractivity contribution in [1.29, 1.82) is 0 Å². The second-order valence-corrected chi connectivity index (χ2v) is 10.8. The Kier molecular flexibility index (Phi) is 12.5. The first-order chi connectivity index (χ1) is 21.6. The Labute approximate surface area is 259 Å². The average Bonchev–Trinajstić information content (AvgIpc) is 3.79. The zero-order valence-electron chi connectivity index (χ0n) is 25.0. The molecule has 4 aromatic carbocycles. The Morgan fingerprint density at radius 3 is 1.25 bits per heavy atom.